The highest BCUT2D eigenvalue weighted by molar-refractivity contribution is 7.90. The Labute approximate surface area is 409 Å². The summed E-state index contributed by atoms with van der Waals surface area (Å²) in [6.45, 7) is 18.2. The predicted molar refractivity (Wildman–Crippen MR) is 278 cm³/mol. The maximum absolute atomic E-state index is 14.1. The van der Waals surface area contributed by atoms with E-state index in [0.29, 0.717) is 30.4 Å². The lowest BCUT2D eigenvalue weighted by Crippen LogP contribution is -2.64. The molecule has 1 amide bonds. The first kappa shape index (κ1) is 49.5. The number of amides is 1. The van der Waals surface area contributed by atoms with E-state index in [-0.39, 0.29) is 45.0 Å². The maximum atomic E-state index is 14.1. The molecule has 0 radical (unpaired) electrons. The van der Waals surface area contributed by atoms with Gasteiger partial charge in [0.2, 0.25) is 0 Å². The van der Waals surface area contributed by atoms with Gasteiger partial charge in [0.05, 0.1) is 21.9 Å². The lowest BCUT2D eigenvalue weighted by Gasteiger charge is -2.57. The molecule has 0 saturated carbocycles. The first-order valence-electron chi connectivity index (χ1n) is 24.0. The molecule has 16 heteroatoms. The van der Waals surface area contributed by atoms with Crippen LogP contribution in [-0.2, 0) is 10.0 Å². The van der Waals surface area contributed by atoms with Crippen LogP contribution in [0.4, 0.5) is 22.9 Å². The summed E-state index contributed by atoms with van der Waals surface area (Å²) in [7, 11) is -1.46. The van der Waals surface area contributed by atoms with E-state index in [1.54, 1.807) is 6.07 Å². The number of nitro benzene ring substituents is 1. The maximum Gasteiger partial charge on any atom is 0.293 e. The summed E-state index contributed by atoms with van der Waals surface area (Å²) < 4.78 is 36.4. The third kappa shape index (κ3) is 10.9. The number of hydrogen-bond donors (Lipinski definition) is 4. The van der Waals surface area contributed by atoms with Crippen LogP contribution in [0.2, 0.25) is 5.02 Å². The highest BCUT2D eigenvalue weighted by Gasteiger charge is 2.54. The van der Waals surface area contributed by atoms with Gasteiger partial charge in [0.1, 0.15) is 23.0 Å². The molecule has 3 aromatic carbocycles. The van der Waals surface area contributed by atoms with Crippen LogP contribution in [0.25, 0.3) is 11.6 Å². The number of benzene rings is 3. The Morgan fingerprint density at radius 2 is 1.75 bits per heavy atom. The van der Waals surface area contributed by atoms with E-state index in [1.165, 1.54) is 23.3 Å². The lowest BCUT2D eigenvalue weighted by atomic mass is 9.63. The predicted octanol–water partition coefficient (Wildman–Crippen LogP) is 11.2. The van der Waals surface area contributed by atoms with E-state index >= 15 is 0 Å². The molecule has 1 spiro atoms. The van der Waals surface area contributed by atoms with Crippen molar-refractivity contribution in [1.29, 1.82) is 0 Å². The minimum absolute atomic E-state index is 0.0100. The van der Waals surface area contributed by atoms with Crippen molar-refractivity contribution in [2.75, 3.05) is 54.8 Å². The van der Waals surface area contributed by atoms with Gasteiger partial charge in [-0.25, -0.2) is 13.1 Å². The van der Waals surface area contributed by atoms with Gasteiger partial charge in [-0.2, -0.15) is 0 Å². The Hall–Kier alpha value is -4.88. The van der Waals surface area contributed by atoms with Gasteiger partial charge in [-0.15, -0.1) is 9.24 Å². The van der Waals surface area contributed by atoms with Crippen molar-refractivity contribution in [3.05, 3.63) is 117 Å². The molecule has 2 fully saturated rings. The third-order valence-electron chi connectivity index (χ3n) is 14.2. The number of nitrogens with one attached hydrogen (secondary N) is 4. The molecule has 0 bridgehead atoms. The highest BCUT2D eigenvalue weighted by atomic mass is 35.5. The largest absolute Gasteiger partial charge is 0.459 e. The molecule has 3 atom stereocenters. The number of aromatic amines is 1. The molecule has 364 valence electrons. The van der Waals surface area contributed by atoms with E-state index in [1.807, 2.05) is 42.6 Å². The van der Waals surface area contributed by atoms with Gasteiger partial charge in [0.25, 0.3) is 21.6 Å². The van der Waals surface area contributed by atoms with E-state index in [9.17, 15) is 23.3 Å². The molecule has 1 aromatic heterocycles. The van der Waals surface area contributed by atoms with Crippen molar-refractivity contribution >= 4 is 71.3 Å². The van der Waals surface area contributed by atoms with Gasteiger partial charge in [-0.05, 0) is 114 Å². The first-order valence-corrected chi connectivity index (χ1v) is 26.6. The SMILES string of the molecule is CCCC(CCC)CNc1ccc(S(=O)(=O)NC(=O)c2ccc(N3CCC4(C3)CN(C3/C(c5ccc(Cl)cc5)=C\C(P)CC(C)(C)CC3(C)C)C4)cc2OC2=Cc3cc[nH]c3NC2)cc1[N+](=O)[O-]. The molecular formula is C52H67ClN7O6PS. The van der Waals surface area contributed by atoms with Gasteiger partial charge >= 0.3 is 0 Å². The van der Waals surface area contributed by atoms with Crippen LogP contribution in [0.15, 0.2) is 89.7 Å². The number of hydrogen-bond acceptors (Lipinski definition) is 10. The number of carbonyl (C=O) groups excluding carboxylic acids is 1. The van der Waals surface area contributed by atoms with Crippen LogP contribution < -0.4 is 25.0 Å². The molecular weight excluding hydrogens is 917 g/mol. The van der Waals surface area contributed by atoms with Crippen LogP contribution in [-0.4, -0.2) is 80.1 Å². The smallest absolute Gasteiger partial charge is 0.293 e. The average Bonchev–Trinajstić information content (AvgIpc) is 3.92. The molecule has 4 heterocycles. The van der Waals surface area contributed by atoms with Crippen LogP contribution in [0, 0.1) is 32.3 Å². The van der Waals surface area contributed by atoms with Gasteiger partial charge in [0, 0.05) is 78.8 Å². The molecule has 1 aliphatic carbocycles. The van der Waals surface area contributed by atoms with E-state index in [2.05, 4.69) is 99.1 Å². The molecule has 4 aromatic rings. The fraction of sp³-hybridized carbons (Fsp3) is 0.481. The number of rotatable bonds is 16. The van der Waals surface area contributed by atoms with Crippen molar-refractivity contribution in [2.24, 2.45) is 22.2 Å². The average molecular weight is 985 g/mol. The number of aromatic nitrogens is 1. The van der Waals surface area contributed by atoms with Crippen LogP contribution >= 0.6 is 20.8 Å². The number of ether oxygens (including phenoxy) is 1. The topological polar surface area (TPSA) is 162 Å². The lowest BCUT2D eigenvalue weighted by molar-refractivity contribution is -0.384. The summed E-state index contributed by atoms with van der Waals surface area (Å²) in [5.74, 6) is 0.994. The van der Waals surface area contributed by atoms with Gasteiger partial charge in [-0.3, -0.25) is 19.8 Å². The fourth-order valence-electron chi connectivity index (χ4n) is 11.7. The summed E-state index contributed by atoms with van der Waals surface area (Å²) >= 11 is 6.39. The standard InChI is InChI=1S/C52H67ClN7O6PS/c1-7-9-34(10-8-2)28-55-44-18-16-41(26-45(44)60(62)63)68(64,65)57-49(61)42-17-15-38(24-46(42)66-39-23-36-19-21-54-48(36)56-29-39)58-22-20-52(31-58)32-59(33-52)47-43(35-11-13-37(53)14-12-35)25-40(67)27-50(3,4)30-51(47,5)6/h11-19,21,23-26,34,40,47,54-56H,7-10,20,22,27-33,67H2,1-6H3,(H,57,61)/b43-25-. The Bertz CT molecular complexity index is 2690. The van der Waals surface area contributed by atoms with E-state index < -0.39 is 25.7 Å². The summed E-state index contributed by atoms with van der Waals surface area (Å²) in [5, 5.41) is 19.4. The number of nitro groups is 1. The number of carbonyl (C=O) groups is 1. The molecule has 8 rings (SSSR count). The fourth-order valence-corrected chi connectivity index (χ4v) is 13.7. The second-order valence-electron chi connectivity index (χ2n) is 21.1. The number of nitrogens with zero attached hydrogens (tertiary/aromatic N) is 3. The quantitative estimate of drug-likeness (QED) is 0.0483. The van der Waals surface area contributed by atoms with Gasteiger partial charge < -0.3 is 25.3 Å². The summed E-state index contributed by atoms with van der Waals surface area (Å²) in [4.78, 5) is 33.5. The number of halogens is 1. The van der Waals surface area contributed by atoms with Crippen molar-refractivity contribution < 1.29 is 22.9 Å². The van der Waals surface area contributed by atoms with Crippen LogP contribution in [0.5, 0.6) is 5.75 Å². The minimum atomic E-state index is -4.55. The normalized spacial score (nSPS) is 21.6. The first-order chi connectivity index (χ1) is 32.3. The zero-order valence-corrected chi connectivity index (χ0v) is 42.9. The Morgan fingerprint density at radius 3 is 2.46 bits per heavy atom. The van der Waals surface area contributed by atoms with Gasteiger partial charge in [-0.1, -0.05) is 84.2 Å². The Morgan fingerprint density at radius 1 is 1.01 bits per heavy atom. The number of anilines is 3. The van der Waals surface area contributed by atoms with Crippen LogP contribution in [0.3, 0.4) is 0 Å². The second kappa shape index (κ2) is 19.9. The van der Waals surface area contributed by atoms with Crippen molar-refractivity contribution in [2.45, 2.75) is 103 Å². The van der Waals surface area contributed by atoms with Gasteiger partial charge in [0.15, 0.2) is 0 Å². The molecule has 4 aliphatic rings. The number of sulfonamides is 1. The molecule has 4 N–H and O–H groups in total. The highest BCUT2D eigenvalue weighted by Crippen LogP contribution is 2.53. The summed E-state index contributed by atoms with van der Waals surface area (Å²) in [6, 6.07) is 19.3. The molecule has 68 heavy (non-hydrogen) atoms. The van der Waals surface area contributed by atoms with Crippen molar-refractivity contribution in [1.82, 2.24) is 14.6 Å². The zero-order valence-electron chi connectivity index (χ0n) is 40.2. The molecule has 3 unspecified atom stereocenters. The minimum Gasteiger partial charge on any atom is -0.459 e. The monoisotopic (exact) mass is 983 g/mol. The third-order valence-corrected chi connectivity index (χ3v) is 16.2. The zero-order chi connectivity index (χ0) is 48.6. The number of likely N-dealkylation sites (tertiary alicyclic amines) is 1. The second-order valence-corrected chi connectivity index (χ2v) is 24.0. The van der Waals surface area contributed by atoms with Crippen molar-refractivity contribution in [3.63, 3.8) is 0 Å². The van der Waals surface area contributed by atoms with Crippen molar-refractivity contribution in [3.8, 4) is 5.75 Å². The van der Waals surface area contributed by atoms with E-state index in [0.717, 1.165) is 99.3 Å². The molecule has 13 nitrogen and oxygen atoms in total. The number of fused-ring (bicyclic) bond motifs is 1. The Kier molecular flexibility index (Phi) is 14.5. The number of H-pyrrole nitrogens is 1. The molecule has 2 saturated heterocycles. The van der Waals surface area contributed by atoms with Crippen LogP contribution in [0.1, 0.15) is 108 Å². The summed E-state index contributed by atoms with van der Waals surface area (Å²) in [5.41, 5.74) is 4.71. The number of allylic oxidation sites excluding steroid dienone is 1. The summed E-state index contributed by atoms with van der Waals surface area (Å²) in [6.07, 6.45) is 13.3. The van der Waals surface area contributed by atoms with E-state index in [4.69, 9.17) is 16.3 Å². The Balaban J connectivity index is 1.03. The molecule has 3 aliphatic heterocycles.